The molecule has 16 rings (SSSR count). The number of aromatic nitrogens is 4. The number of methoxy groups -OCH3 is 2. The van der Waals surface area contributed by atoms with Crippen LogP contribution in [0.5, 0.6) is 34.5 Å². The molecule has 0 radical (unpaired) electrons. The Balaban J connectivity index is 0.000000136. The summed E-state index contributed by atoms with van der Waals surface area (Å²) in [5.41, 5.74) is 4.40. The van der Waals surface area contributed by atoms with E-state index in [0.29, 0.717) is 87.5 Å². The minimum atomic E-state index is -0.957. The van der Waals surface area contributed by atoms with Crippen LogP contribution in [0, 0.1) is 7.43 Å². The van der Waals surface area contributed by atoms with E-state index in [9.17, 15) is 49.2 Å². The third-order valence-corrected chi connectivity index (χ3v) is 16.5. The Morgan fingerprint density at radius 1 is 0.465 bits per heavy atom. The molecule has 10 aromatic carbocycles. The first-order valence-electron chi connectivity index (χ1n) is 31.1. The Hall–Kier alpha value is -12.2. The second-order valence-electron chi connectivity index (χ2n) is 22.8. The second-order valence-corrected chi connectivity index (χ2v) is 22.8. The number of fused-ring (bicyclic) bond motifs is 15. The van der Waals surface area contributed by atoms with E-state index < -0.39 is 11.6 Å². The van der Waals surface area contributed by atoms with Crippen LogP contribution < -0.4 is 15.1 Å². The van der Waals surface area contributed by atoms with Gasteiger partial charge in [0, 0.05) is 27.5 Å². The number of carbonyl (C=O) groups excluding carboxylic acids is 4. The van der Waals surface area contributed by atoms with Gasteiger partial charge in [0.2, 0.25) is 0 Å². The minimum Gasteiger partial charge on any atom is -0.508 e. The molecule has 101 heavy (non-hydrogen) atoms. The van der Waals surface area contributed by atoms with E-state index in [4.69, 9.17) is 46.6 Å². The number of benzene rings is 10. The molecule has 24 nitrogen and oxygen atoms in total. The molecule has 0 saturated heterocycles. The molecule has 5 heterocycles. The van der Waals surface area contributed by atoms with Crippen LogP contribution >= 0.6 is 0 Å². The number of rotatable bonds is 11. The normalized spacial score (nSPS) is 12.6. The number of esters is 2. The zero-order valence-electron chi connectivity index (χ0n) is 54.8. The molecule has 1 unspecified atom stereocenters. The molecule has 0 aliphatic heterocycles. The number of carboxylic acids is 1. The van der Waals surface area contributed by atoms with Crippen LogP contribution in [-0.4, -0.2) is 103 Å². The van der Waals surface area contributed by atoms with E-state index >= 15 is 0 Å². The van der Waals surface area contributed by atoms with Crippen molar-refractivity contribution in [1.82, 2.24) is 20.6 Å². The summed E-state index contributed by atoms with van der Waals surface area (Å²) in [6.45, 7) is 4.23. The molecule has 514 valence electrons. The predicted molar refractivity (Wildman–Crippen MR) is 371 cm³/mol. The van der Waals surface area contributed by atoms with Crippen LogP contribution in [0.25, 0.3) is 109 Å². The molecule has 1 aliphatic carbocycles. The van der Waals surface area contributed by atoms with E-state index in [1.165, 1.54) is 6.07 Å². The van der Waals surface area contributed by atoms with Crippen LogP contribution in [-0.2, 0) is 73.8 Å². The van der Waals surface area contributed by atoms with Gasteiger partial charge in [0.1, 0.15) is 74.4 Å². The van der Waals surface area contributed by atoms with Crippen molar-refractivity contribution in [3.05, 3.63) is 198 Å². The number of aromatic hydroxyl groups is 4. The number of carbonyl (C=O) groups is 5. The van der Waals surface area contributed by atoms with Gasteiger partial charge in [0.25, 0.3) is 0 Å². The zero-order chi connectivity index (χ0) is 69.6. The Morgan fingerprint density at radius 3 is 1.26 bits per heavy atom. The maximum absolute atomic E-state index is 12.3. The maximum atomic E-state index is 12.3. The summed E-state index contributed by atoms with van der Waals surface area (Å²) in [6.07, 6.45) is 0.909. The molecule has 25 heteroatoms. The third-order valence-electron chi connectivity index (χ3n) is 16.5. The van der Waals surface area contributed by atoms with Crippen LogP contribution in [0.1, 0.15) is 61.8 Å². The summed E-state index contributed by atoms with van der Waals surface area (Å²) >= 11 is 0. The van der Waals surface area contributed by atoms with E-state index in [1.54, 1.807) is 107 Å². The molecule has 0 spiro atoms. The second kappa shape index (κ2) is 31.1. The summed E-state index contributed by atoms with van der Waals surface area (Å²) in [5.74, 6) is -0.0750. The number of ether oxygens (including phenoxy) is 4. The number of Topliss-reactive ketones (excluding diaryl/α,β-unsaturated/α-hetero) is 2. The summed E-state index contributed by atoms with van der Waals surface area (Å²) < 4.78 is 46.5. The van der Waals surface area contributed by atoms with Gasteiger partial charge in [0.15, 0.2) is 22.3 Å². The summed E-state index contributed by atoms with van der Waals surface area (Å²) in [7, 11) is 3.26. The van der Waals surface area contributed by atoms with E-state index in [2.05, 4.69) is 20.6 Å². The summed E-state index contributed by atoms with van der Waals surface area (Å²) in [6, 6.07) is 45.4. The van der Waals surface area contributed by atoms with Gasteiger partial charge in [-0.15, -0.1) is 0 Å². The number of hydrogen-bond acceptors (Lipinski definition) is 23. The number of phenols is 3. The fourth-order valence-electron chi connectivity index (χ4n) is 12.0. The number of ketones is 2. The van der Waals surface area contributed by atoms with Crippen molar-refractivity contribution in [2.24, 2.45) is 0 Å². The minimum absolute atomic E-state index is 0. The van der Waals surface area contributed by atoms with Gasteiger partial charge in [-0.05, 0) is 195 Å². The molecule has 15 aromatic rings. The molecule has 0 bridgehead atoms. The first-order chi connectivity index (χ1) is 47.9. The SMILES string of the molecule is CCOC(=O)Cc1noc2ccc3cc(O)ccc3c12.CCOC(=O)Cc1noc2ccc3cc(OC)ccc3c12.COc1ccc2c(ccc3onc(C4CCC(=O)CC4=O)c32)c1.O=C(O)Cc1noc2ccc3cc(O)ccc3c12.O=c1cc(O)c2c(ccc3cc(O)ccc32)o1.[CH3-].[W]. The molecule has 1 aliphatic rings. The van der Waals surface area contributed by atoms with Crippen molar-refractivity contribution in [2.75, 3.05) is 27.4 Å². The van der Waals surface area contributed by atoms with Crippen molar-refractivity contribution >= 4 is 138 Å². The fourth-order valence-corrected chi connectivity index (χ4v) is 12.0. The molecule has 5 N–H and O–H groups in total. The predicted octanol–water partition coefficient (Wildman–Crippen LogP) is 14.4. The van der Waals surface area contributed by atoms with Crippen LogP contribution in [0.3, 0.4) is 0 Å². The standard InChI is InChI=1S/C18H15NO4.C16H15NO4.C15H13NO4.C13H9NO4.C13H8O4.CH3.W/c1-22-12-4-6-13-10(8-12)2-7-16-17(13)18(19-23-16)14-5-3-11(20)9-15(14)21;1-3-20-15(18)9-13-16-12-6-5-11(19-2)8-10(12)4-7-14(16)21-17-13;1-2-19-14(18)8-12-15-11-5-4-10(17)7-9(11)3-6-13(15)20-16-12;15-8-2-3-9-7(5-8)1-4-11-13(9)10(14-18-11)6-12(16)17;14-8-2-3-9-7(5-8)1-4-11-13(9)10(15)6-12(16)17-11;;/h2,4,6-8,14H,3,5,9H2,1H3;4-8H,3,9H2,1-2H3;3-7,17H,2,8H2,1H3;1-5,15H,6H2,(H,16,17);1-6,14-15H;1H3;/q;;;;;-1;. The van der Waals surface area contributed by atoms with Gasteiger partial charge in [-0.25, -0.2) is 4.79 Å². The molecule has 1 atom stereocenters. The largest absolute Gasteiger partial charge is 0.508 e. The molecular weight excluding hydrogens is 1470 g/mol. The third kappa shape index (κ3) is 15.4. The number of carboxylic acid groups (broad SMARTS) is 1. The zero-order valence-corrected chi connectivity index (χ0v) is 57.7. The fraction of sp³-hybridized carbons (Fsp3) is 0.171. The summed E-state index contributed by atoms with van der Waals surface area (Å²) in [5, 5.41) is 75.4. The number of hydrogen-bond donors (Lipinski definition) is 5. The molecule has 0 amide bonds. The monoisotopic (exact) mass is 1540 g/mol. The quantitative estimate of drug-likeness (QED) is 0.0264. The average Bonchev–Trinajstić information content (AvgIpc) is 1.75. The van der Waals surface area contributed by atoms with Crippen molar-refractivity contribution in [2.45, 2.75) is 58.3 Å². The Labute approximate surface area is 586 Å². The molecule has 5 aromatic heterocycles. The molecule has 1 saturated carbocycles. The number of phenolic OH excluding ortho intramolecular Hbond substituents is 3. The topological polar surface area (TPSA) is 358 Å². The van der Waals surface area contributed by atoms with E-state index in [-0.39, 0.29) is 107 Å². The Bertz CT molecular complexity index is 5710. The van der Waals surface area contributed by atoms with Gasteiger partial charge in [0.05, 0.1) is 92.0 Å². The molecule has 1 fully saturated rings. The van der Waals surface area contributed by atoms with Crippen LogP contribution in [0.2, 0.25) is 0 Å². The van der Waals surface area contributed by atoms with Crippen molar-refractivity contribution in [1.29, 1.82) is 0 Å². The molecular formula is C76H63N4O20W-. The van der Waals surface area contributed by atoms with Crippen molar-refractivity contribution in [3.8, 4) is 34.5 Å². The first-order valence-corrected chi connectivity index (χ1v) is 31.1. The van der Waals surface area contributed by atoms with Gasteiger partial charge in [-0.1, -0.05) is 51.0 Å². The van der Waals surface area contributed by atoms with Crippen molar-refractivity contribution in [3.63, 3.8) is 0 Å². The Kier molecular flexibility index (Phi) is 22.1. The van der Waals surface area contributed by atoms with Crippen LogP contribution in [0.15, 0.2) is 185 Å². The van der Waals surface area contributed by atoms with Gasteiger partial charge in [-0.3, -0.25) is 24.0 Å². The Morgan fingerprint density at radius 2 is 0.842 bits per heavy atom. The number of aliphatic carboxylic acids is 1. The first kappa shape index (κ1) is 71.6. The maximum Gasteiger partial charge on any atom is 0.339 e. The van der Waals surface area contributed by atoms with E-state index in [1.807, 2.05) is 66.7 Å². The summed E-state index contributed by atoms with van der Waals surface area (Å²) in [4.78, 5) is 68.9. The number of nitrogens with zero attached hydrogens (tertiary/aromatic N) is 4. The average molecular weight is 1540 g/mol. The smallest absolute Gasteiger partial charge is 0.339 e. The van der Waals surface area contributed by atoms with Crippen molar-refractivity contribution < 1.29 is 112 Å². The van der Waals surface area contributed by atoms with Gasteiger partial charge >= 0.3 is 23.5 Å². The van der Waals surface area contributed by atoms with Crippen LogP contribution in [0.4, 0.5) is 0 Å². The van der Waals surface area contributed by atoms with E-state index in [0.717, 1.165) is 87.6 Å². The van der Waals surface area contributed by atoms with Gasteiger partial charge < -0.3 is 74.4 Å². The van der Waals surface area contributed by atoms with Gasteiger partial charge in [-0.2, -0.15) is 0 Å².